The minimum absolute atomic E-state index is 0. The molecule has 0 fully saturated rings. The second kappa shape index (κ2) is 15.6. The van der Waals surface area contributed by atoms with E-state index in [4.69, 9.17) is 10.2 Å². The van der Waals surface area contributed by atoms with Crippen LogP contribution < -0.4 is 40.6 Å². The third-order valence-electron chi connectivity index (χ3n) is 8.69. The second-order valence-corrected chi connectivity index (χ2v) is 13.4. The molecule has 2 unspecified atom stereocenters. The number of rotatable bonds is 11. The van der Waals surface area contributed by atoms with Gasteiger partial charge in [-0.15, -0.1) is 0 Å². The number of Topliss-reactive ketones (excluding diaryl/α,β-unsaturated/α-hetero) is 1. The first kappa shape index (κ1) is 35.5. The molecule has 1 aliphatic carbocycles. The van der Waals surface area contributed by atoms with E-state index in [2.05, 4.69) is 23.5 Å². The maximum atomic E-state index is 13.9. The van der Waals surface area contributed by atoms with Crippen LogP contribution in [0.3, 0.4) is 0 Å². The maximum Gasteiger partial charge on any atom is 1.00 e. The minimum atomic E-state index is -4.89. The Morgan fingerprint density at radius 3 is 2.19 bits per heavy atom. The van der Waals surface area contributed by atoms with Gasteiger partial charge >= 0.3 is 29.6 Å². The summed E-state index contributed by atoms with van der Waals surface area (Å²) >= 11 is 0. The molecule has 1 amide bonds. The summed E-state index contributed by atoms with van der Waals surface area (Å²) in [5.74, 6) is -0.878. The van der Waals surface area contributed by atoms with Gasteiger partial charge in [-0.1, -0.05) is 72.8 Å². The summed E-state index contributed by atoms with van der Waals surface area (Å²) in [5, 5.41) is 2.23. The van der Waals surface area contributed by atoms with Crippen molar-refractivity contribution in [1.82, 2.24) is 0 Å². The Bertz CT molecular complexity index is 2000. The van der Waals surface area contributed by atoms with E-state index in [0.717, 1.165) is 51.8 Å². The van der Waals surface area contributed by atoms with Gasteiger partial charge in [-0.3, -0.25) is 9.59 Å². The molecule has 0 bridgehead atoms. The molecule has 0 aliphatic heterocycles. The van der Waals surface area contributed by atoms with Crippen LogP contribution in [0.2, 0.25) is 0 Å². The molecule has 0 radical (unpaired) electrons. The number of hydrogen-bond donors (Lipinski definition) is 2. The zero-order valence-electron chi connectivity index (χ0n) is 26.7. The zero-order chi connectivity index (χ0) is 33.0. The number of amides is 1. The molecule has 0 saturated heterocycles. The molecule has 48 heavy (non-hydrogen) atoms. The van der Waals surface area contributed by atoms with Gasteiger partial charge in [0.1, 0.15) is 26.7 Å². The number of furan rings is 1. The number of para-hydroxylation sites is 1. The molecule has 4 aromatic carbocycles. The Morgan fingerprint density at radius 2 is 1.56 bits per heavy atom. The van der Waals surface area contributed by atoms with E-state index in [1.54, 1.807) is 12.1 Å². The number of anilines is 1. The fourth-order valence-electron chi connectivity index (χ4n) is 6.05. The van der Waals surface area contributed by atoms with Gasteiger partial charge in [-0.2, -0.15) is 0 Å². The van der Waals surface area contributed by atoms with Gasteiger partial charge in [0, 0.05) is 28.7 Å². The first-order valence-electron chi connectivity index (χ1n) is 15.7. The van der Waals surface area contributed by atoms with Gasteiger partial charge < -0.3 is 20.0 Å². The Labute approximate surface area is 302 Å². The topological polar surface area (TPSA) is 143 Å². The standard InChI is InChI=1S/C38H36N2O6S.Na/c39-24-36(47(43,44)45)37(41)30-12-10-25(11-13-30)22-33(28-16-14-27(15-17-28)26-6-2-1-3-7-26)38(42)40-32-20-18-29(19-21-32)35-23-31-8-4-5-9-34(31)46-35;/h4-6,8-21,23,33,36H,1-3,7,22,24,39H2,(H,40,42)(H,43,44,45);/q;+1/p-1. The summed E-state index contributed by atoms with van der Waals surface area (Å²) in [7, 11) is -4.89. The number of nitrogens with one attached hydrogen (secondary N) is 1. The number of carbonyl (C=O) groups is 2. The van der Waals surface area contributed by atoms with Crippen molar-refractivity contribution in [3.05, 3.63) is 131 Å². The summed E-state index contributed by atoms with van der Waals surface area (Å²) < 4.78 is 40.5. The third kappa shape index (κ3) is 8.23. The van der Waals surface area contributed by atoms with Gasteiger partial charge in [0.15, 0.2) is 5.78 Å². The molecule has 6 rings (SSSR count). The van der Waals surface area contributed by atoms with Crippen LogP contribution in [0.15, 0.2) is 114 Å². The number of hydrogen-bond acceptors (Lipinski definition) is 7. The summed E-state index contributed by atoms with van der Waals surface area (Å²) in [5.41, 5.74) is 11.9. The molecule has 5 aromatic rings. The largest absolute Gasteiger partial charge is 1.00 e. The molecule has 10 heteroatoms. The van der Waals surface area contributed by atoms with Crippen LogP contribution in [-0.2, 0) is 21.3 Å². The number of benzene rings is 4. The van der Waals surface area contributed by atoms with Crippen LogP contribution in [0, 0.1) is 0 Å². The number of allylic oxidation sites excluding steroid dienone is 2. The predicted molar refractivity (Wildman–Crippen MR) is 183 cm³/mol. The van der Waals surface area contributed by atoms with Gasteiger partial charge in [-0.05, 0) is 90.8 Å². The molecular weight excluding hydrogens is 635 g/mol. The smallest absolute Gasteiger partial charge is 0.747 e. The molecule has 3 N–H and O–H groups in total. The molecule has 240 valence electrons. The van der Waals surface area contributed by atoms with E-state index in [1.807, 2.05) is 66.7 Å². The molecule has 2 atom stereocenters. The van der Waals surface area contributed by atoms with Crippen LogP contribution in [0.5, 0.6) is 0 Å². The van der Waals surface area contributed by atoms with Crippen LogP contribution >= 0.6 is 0 Å². The Morgan fingerprint density at radius 1 is 0.875 bits per heavy atom. The Balaban J connectivity index is 0.00000451. The van der Waals surface area contributed by atoms with Gasteiger partial charge in [-0.25, -0.2) is 8.42 Å². The van der Waals surface area contributed by atoms with Crippen molar-refractivity contribution < 1.29 is 56.5 Å². The monoisotopic (exact) mass is 670 g/mol. The predicted octanol–water partition coefficient (Wildman–Crippen LogP) is 4.08. The molecule has 1 heterocycles. The average Bonchev–Trinajstić information content (AvgIpc) is 3.52. The number of fused-ring (bicyclic) bond motifs is 1. The fourth-order valence-corrected chi connectivity index (χ4v) is 6.68. The van der Waals surface area contributed by atoms with E-state index in [-0.39, 0.29) is 41.0 Å². The minimum Gasteiger partial charge on any atom is -0.747 e. The van der Waals surface area contributed by atoms with Gasteiger partial charge in [0.05, 0.1) is 5.92 Å². The zero-order valence-corrected chi connectivity index (χ0v) is 29.5. The second-order valence-electron chi connectivity index (χ2n) is 11.8. The van der Waals surface area contributed by atoms with E-state index in [9.17, 15) is 22.6 Å². The van der Waals surface area contributed by atoms with Crippen LogP contribution in [0.25, 0.3) is 27.9 Å². The van der Waals surface area contributed by atoms with Gasteiger partial charge in [0.25, 0.3) is 0 Å². The third-order valence-corrected chi connectivity index (χ3v) is 9.79. The maximum absolute atomic E-state index is 13.9. The summed E-state index contributed by atoms with van der Waals surface area (Å²) in [4.78, 5) is 26.6. The fraction of sp³-hybridized carbons (Fsp3) is 0.211. The molecule has 0 spiro atoms. The average molecular weight is 671 g/mol. The summed E-state index contributed by atoms with van der Waals surface area (Å²) in [6.45, 7) is -0.596. The van der Waals surface area contributed by atoms with Crippen molar-refractivity contribution in [2.45, 2.75) is 43.3 Å². The Kier molecular flexibility index (Phi) is 11.5. The molecule has 0 saturated carbocycles. The normalized spacial score (nSPS) is 14.4. The molecular formula is C38H35N2NaO6S. The van der Waals surface area contributed by atoms with Crippen molar-refractivity contribution in [2.75, 3.05) is 11.9 Å². The number of ketones is 1. The van der Waals surface area contributed by atoms with Crippen molar-refractivity contribution >= 4 is 44.0 Å². The van der Waals surface area contributed by atoms with E-state index >= 15 is 0 Å². The van der Waals surface area contributed by atoms with Crippen LogP contribution in [-0.4, -0.2) is 36.5 Å². The van der Waals surface area contributed by atoms with Crippen molar-refractivity contribution in [3.63, 3.8) is 0 Å². The van der Waals surface area contributed by atoms with Crippen molar-refractivity contribution in [2.24, 2.45) is 5.73 Å². The van der Waals surface area contributed by atoms with Gasteiger partial charge in [0.2, 0.25) is 5.91 Å². The first-order valence-corrected chi connectivity index (χ1v) is 17.1. The van der Waals surface area contributed by atoms with E-state index in [0.29, 0.717) is 12.1 Å². The summed E-state index contributed by atoms with van der Waals surface area (Å²) in [6.07, 6.45) is 7.08. The SMILES string of the molecule is NCC(C(=O)c1ccc(CC(C(=O)Nc2ccc(-c3cc4ccccc4o3)cc2)c2ccc(C3=CCCCC3)cc2)cc1)S(=O)(=O)[O-].[Na+]. The van der Waals surface area contributed by atoms with Crippen LogP contribution in [0.1, 0.15) is 58.6 Å². The van der Waals surface area contributed by atoms with E-state index < -0.39 is 33.6 Å². The Hall–Kier alpha value is -3.83. The summed E-state index contributed by atoms with van der Waals surface area (Å²) in [6, 6.07) is 31.7. The first-order chi connectivity index (χ1) is 22.7. The van der Waals surface area contributed by atoms with Crippen LogP contribution in [0.4, 0.5) is 5.69 Å². The number of carbonyl (C=O) groups excluding carboxylic acids is 2. The molecule has 1 aromatic heterocycles. The van der Waals surface area contributed by atoms with E-state index in [1.165, 1.54) is 30.5 Å². The molecule has 1 aliphatic rings. The van der Waals surface area contributed by atoms with Crippen molar-refractivity contribution in [1.29, 1.82) is 0 Å². The quantitative estimate of drug-likeness (QED) is 0.123. The van der Waals surface area contributed by atoms with Crippen molar-refractivity contribution in [3.8, 4) is 11.3 Å². The molecule has 8 nitrogen and oxygen atoms in total. The number of nitrogens with two attached hydrogens (primary N) is 1.